The zero-order chi connectivity index (χ0) is 12.8. The quantitative estimate of drug-likeness (QED) is 0.862. The van der Waals surface area contributed by atoms with Gasteiger partial charge in [-0.25, -0.2) is 4.79 Å². The summed E-state index contributed by atoms with van der Waals surface area (Å²) in [5, 5.41) is 2.80. The number of para-hydroxylation sites is 1. The van der Waals surface area contributed by atoms with Gasteiger partial charge in [-0.3, -0.25) is 0 Å². The topological polar surface area (TPSA) is 64.3 Å². The maximum atomic E-state index is 11.6. The molecule has 1 amide bonds. The molecule has 1 aliphatic rings. The van der Waals surface area contributed by atoms with Crippen LogP contribution in [-0.4, -0.2) is 18.7 Å². The molecule has 2 unspecified atom stereocenters. The highest BCUT2D eigenvalue weighted by molar-refractivity contribution is 5.70. The van der Waals surface area contributed by atoms with E-state index in [4.69, 9.17) is 10.5 Å². The van der Waals surface area contributed by atoms with Crippen LogP contribution in [0.5, 0.6) is 5.75 Å². The number of hydrogen-bond acceptors (Lipinski definition) is 3. The van der Waals surface area contributed by atoms with Crippen molar-refractivity contribution in [3.8, 4) is 5.75 Å². The lowest BCUT2D eigenvalue weighted by atomic mass is 9.86. The zero-order valence-corrected chi connectivity index (χ0v) is 10.5. The first-order valence-corrected chi connectivity index (χ1v) is 6.50. The van der Waals surface area contributed by atoms with Gasteiger partial charge in [0.2, 0.25) is 0 Å². The van der Waals surface area contributed by atoms with E-state index in [1.807, 2.05) is 18.2 Å². The minimum absolute atomic E-state index is 0.288. The number of nitrogens with two attached hydrogens (primary N) is 1. The summed E-state index contributed by atoms with van der Waals surface area (Å²) in [6.07, 6.45) is 4.00. The molecule has 1 aromatic carbocycles. The summed E-state index contributed by atoms with van der Waals surface area (Å²) >= 11 is 0. The minimum atomic E-state index is -0.389. The Morgan fingerprint density at radius 1 is 1.33 bits per heavy atom. The van der Waals surface area contributed by atoms with Gasteiger partial charge < -0.3 is 15.8 Å². The first-order chi connectivity index (χ1) is 8.74. The van der Waals surface area contributed by atoms with Crippen molar-refractivity contribution in [2.75, 3.05) is 6.54 Å². The van der Waals surface area contributed by atoms with Crippen molar-refractivity contribution in [3.63, 3.8) is 0 Å². The van der Waals surface area contributed by atoms with Crippen LogP contribution in [0, 0.1) is 5.92 Å². The maximum Gasteiger partial charge on any atom is 0.412 e. The SMILES string of the molecule is NC1CCCC(CNC(=O)Oc2ccccc2)C1. The highest BCUT2D eigenvalue weighted by Crippen LogP contribution is 2.22. The Balaban J connectivity index is 1.71. The van der Waals surface area contributed by atoms with E-state index in [-0.39, 0.29) is 12.1 Å². The smallest absolute Gasteiger partial charge is 0.410 e. The van der Waals surface area contributed by atoms with E-state index >= 15 is 0 Å². The van der Waals surface area contributed by atoms with Crippen molar-refractivity contribution >= 4 is 6.09 Å². The largest absolute Gasteiger partial charge is 0.412 e. The molecule has 0 radical (unpaired) electrons. The number of amides is 1. The zero-order valence-electron chi connectivity index (χ0n) is 10.5. The Kier molecular flexibility index (Phi) is 4.59. The molecule has 18 heavy (non-hydrogen) atoms. The summed E-state index contributed by atoms with van der Waals surface area (Å²) in [5.41, 5.74) is 5.91. The van der Waals surface area contributed by atoms with E-state index < -0.39 is 0 Å². The lowest BCUT2D eigenvalue weighted by Gasteiger charge is -2.26. The van der Waals surface area contributed by atoms with Crippen LogP contribution < -0.4 is 15.8 Å². The third-order valence-electron chi connectivity index (χ3n) is 3.31. The summed E-state index contributed by atoms with van der Waals surface area (Å²) in [5.74, 6) is 1.05. The van der Waals surface area contributed by atoms with Gasteiger partial charge in [-0.05, 0) is 37.3 Å². The molecule has 1 saturated carbocycles. The van der Waals surface area contributed by atoms with Gasteiger partial charge in [-0.2, -0.15) is 0 Å². The molecule has 1 aromatic rings. The van der Waals surface area contributed by atoms with Crippen molar-refractivity contribution in [1.29, 1.82) is 0 Å². The number of carbonyl (C=O) groups excluding carboxylic acids is 1. The molecule has 4 heteroatoms. The van der Waals surface area contributed by atoms with E-state index in [0.29, 0.717) is 18.2 Å². The molecule has 0 heterocycles. The van der Waals surface area contributed by atoms with Crippen molar-refractivity contribution < 1.29 is 9.53 Å². The fraction of sp³-hybridized carbons (Fsp3) is 0.500. The number of rotatable bonds is 3. The standard InChI is InChI=1S/C14H20N2O2/c15-12-6-4-5-11(9-12)10-16-14(17)18-13-7-2-1-3-8-13/h1-3,7-8,11-12H,4-6,9-10,15H2,(H,16,17). The van der Waals surface area contributed by atoms with Gasteiger partial charge in [0.25, 0.3) is 0 Å². The lowest BCUT2D eigenvalue weighted by molar-refractivity contribution is 0.195. The average Bonchev–Trinajstić information content (AvgIpc) is 2.38. The van der Waals surface area contributed by atoms with Gasteiger partial charge in [0.05, 0.1) is 0 Å². The van der Waals surface area contributed by atoms with E-state index in [1.165, 1.54) is 0 Å². The molecule has 4 nitrogen and oxygen atoms in total. The van der Waals surface area contributed by atoms with Crippen molar-refractivity contribution in [1.82, 2.24) is 5.32 Å². The third kappa shape index (κ3) is 4.04. The highest BCUT2D eigenvalue weighted by Gasteiger charge is 2.19. The van der Waals surface area contributed by atoms with Gasteiger partial charge in [0.1, 0.15) is 5.75 Å². The molecule has 1 aliphatic carbocycles. The number of benzene rings is 1. The second kappa shape index (κ2) is 6.40. The van der Waals surface area contributed by atoms with Crippen LogP contribution >= 0.6 is 0 Å². The molecule has 0 saturated heterocycles. The van der Waals surface area contributed by atoms with Gasteiger partial charge in [0.15, 0.2) is 0 Å². The molecule has 0 aliphatic heterocycles. The van der Waals surface area contributed by atoms with Gasteiger partial charge in [-0.1, -0.05) is 24.6 Å². The van der Waals surface area contributed by atoms with Crippen LogP contribution in [-0.2, 0) is 0 Å². The van der Waals surface area contributed by atoms with Gasteiger partial charge >= 0.3 is 6.09 Å². The van der Waals surface area contributed by atoms with Crippen LogP contribution in [0.2, 0.25) is 0 Å². The summed E-state index contributed by atoms with van der Waals surface area (Å²) in [4.78, 5) is 11.6. The van der Waals surface area contributed by atoms with E-state index in [1.54, 1.807) is 12.1 Å². The molecule has 1 fully saturated rings. The highest BCUT2D eigenvalue weighted by atomic mass is 16.5. The van der Waals surface area contributed by atoms with Crippen LogP contribution in [0.25, 0.3) is 0 Å². The second-order valence-electron chi connectivity index (χ2n) is 4.88. The lowest BCUT2D eigenvalue weighted by Crippen LogP contribution is -2.36. The fourth-order valence-electron chi connectivity index (χ4n) is 2.38. The molecule has 0 spiro atoms. The number of nitrogens with one attached hydrogen (secondary N) is 1. The van der Waals surface area contributed by atoms with Crippen LogP contribution in [0.1, 0.15) is 25.7 Å². The minimum Gasteiger partial charge on any atom is -0.410 e. The summed E-state index contributed by atoms with van der Waals surface area (Å²) < 4.78 is 5.15. The Bertz CT molecular complexity index is 381. The molecule has 2 atom stereocenters. The third-order valence-corrected chi connectivity index (χ3v) is 3.31. The van der Waals surface area contributed by atoms with Crippen LogP contribution in [0.4, 0.5) is 4.79 Å². The Morgan fingerprint density at radius 2 is 2.11 bits per heavy atom. The molecular weight excluding hydrogens is 228 g/mol. The summed E-state index contributed by atoms with van der Waals surface area (Å²) in [7, 11) is 0. The number of hydrogen-bond donors (Lipinski definition) is 2. The van der Waals surface area contributed by atoms with Crippen LogP contribution in [0.15, 0.2) is 30.3 Å². The maximum absolute atomic E-state index is 11.6. The molecule has 0 bridgehead atoms. The summed E-state index contributed by atoms with van der Waals surface area (Å²) in [6.45, 7) is 0.652. The van der Waals surface area contributed by atoms with Gasteiger partial charge in [0, 0.05) is 12.6 Å². The van der Waals surface area contributed by atoms with E-state index in [0.717, 1.165) is 25.7 Å². The molecule has 0 aromatic heterocycles. The van der Waals surface area contributed by atoms with E-state index in [9.17, 15) is 4.79 Å². The van der Waals surface area contributed by atoms with Crippen LogP contribution in [0.3, 0.4) is 0 Å². The number of carbonyl (C=O) groups is 1. The van der Waals surface area contributed by atoms with E-state index in [2.05, 4.69) is 5.32 Å². The van der Waals surface area contributed by atoms with Crippen molar-refractivity contribution in [3.05, 3.63) is 30.3 Å². The average molecular weight is 248 g/mol. The molecule has 2 rings (SSSR count). The molecule has 98 valence electrons. The molecular formula is C14H20N2O2. The predicted molar refractivity (Wildman–Crippen MR) is 70.4 cm³/mol. The first kappa shape index (κ1) is 12.9. The second-order valence-corrected chi connectivity index (χ2v) is 4.88. The predicted octanol–water partition coefficient (Wildman–Crippen LogP) is 2.29. The monoisotopic (exact) mass is 248 g/mol. The number of ether oxygens (including phenoxy) is 1. The Hall–Kier alpha value is -1.55. The normalized spacial score (nSPS) is 23.4. The molecule has 3 N–H and O–H groups in total. The van der Waals surface area contributed by atoms with Gasteiger partial charge in [-0.15, -0.1) is 0 Å². The summed E-state index contributed by atoms with van der Waals surface area (Å²) in [6, 6.07) is 9.36. The Morgan fingerprint density at radius 3 is 2.83 bits per heavy atom. The van der Waals surface area contributed by atoms with Crippen molar-refractivity contribution in [2.45, 2.75) is 31.7 Å². The van der Waals surface area contributed by atoms with Crippen molar-refractivity contribution in [2.24, 2.45) is 11.7 Å². The first-order valence-electron chi connectivity index (χ1n) is 6.50. The Labute approximate surface area is 108 Å². The fourth-order valence-corrected chi connectivity index (χ4v) is 2.38.